The van der Waals surface area contributed by atoms with E-state index in [1.807, 2.05) is 20.2 Å². The highest BCUT2D eigenvalue weighted by molar-refractivity contribution is 6.16. The van der Waals surface area contributed by atoms with E-state index in [9.17, 15) is 0 Å². The Labute approximate surface area is 54.4 Å². The summed E-state index contributed by atoms with van der Waals surface area (Å²) in [5.74, 6) is 0. The Bertz CT molecular complexity index is 179. The second-order valence-electron chi connectivity index (χ2n) is 1.89. The van der Waals surface area contributed by atoms with Crippen molar-refractivity contribution in [1.82, 2.24) is 5.01 Å². The minimum Gasteiger partial charge on any atom is -0.274 e. The minimum absolute atomic E-state index is 0.968. The van der Waals surface area contributed by atoms with Crippen LogP contribution in [0.15, 0.2) is 22.0 Å². The van der Waals surface area contributed by atoms with Crippen molar-refractivity contribution in [2.45, 2.75) is 6.92 Å². The van der Waals surface area contributed by atoms with Gasteiger partial charge >= 0.3 is 0 Å². The molecule has 1 aliphatic heterocycles. The average molecular weight is 123 g/mol. The van der Waals surface area contributed by atoms with Crippen LogP contribution in [0.2, 0.25) is 0 Å². The first-order valence-corrected chi connectivity index (χ1v) is 2.77. The van der Waals surface area contributed by atoms with Gasteiger partial charge in [0.1, 0.15) is 0 Å². The number of hydrogen-bond acceptors (Lipinski definition) is 3. The van der Waals surface area contributed by atoms with Crippen LogP contribution in [0.3, 0.4) is 0 Å². The largest absolute Gasteiger partial charge is 0.274 e. The van der Waals surface area contributed by atoms with E-state index in [4.69, 9.17) is 0 Å². The fraction of sp³-hybridized carbons (Fsp3) is 0.333. The predicted molar refractivity (Wildman–Crippen MR) is 38.5 cm³/mol. The molecule has 1 rings (SSSR count). The molecule has 0 spiro atoms. The molecule has 48 valence electrons. The van der Waals surface area contributed by atoms with E-state index in [1.165, 1.54) is 0 Å². The van der Waals surface area contributed by atoms with Gasteiger partial charge in [0.2, 0.25) is 0 Å². The maximum absolute atomic E-state index is 4.02. The van der Waals surface area contributed by atoms with Gasteiger partial charge in [0.25, 0.3) is 0 Å². The Morgan fingerprint density at radius 2 is 2.22 bits per heavy atom. The van der Waals surface area contributed by atoms with Gasteiger partial charge in [0, 0.05) is 19.5 Å². The van der Waals surface area contributed by atoms with Crippen LogP contribution in [-0.4, -0.2) is 24.5 Å². The van der Waals surface area contributed by atoms with E-state index in [1.54, 1.807) is 17.4 Å². The highest BCUT2D eigenvalue weighted by Gasteiger charge is 1.89. The van der Waals surface area contributed by atoms with E-state index in [0.29, 0.717) is 0 Å². The van der Waals surface area contributed by atoms with Crippen LogP contribution in [0.5, 0.6) is 0 Å². The molecule has 0 amide bonds. The number of nitrogens with zero attached hydrogens (tertiary/aromatic N) is 3. The summed E-state index contributed by atoms with van der Waals surface area (Å²) < 4.78 is 0. The van der Waals surface area contributed by atoms with Gasteiger partial charge in [-0.1, -0.05) is 0 Å². The Hall–Kier alpha value is -1.12. The second-order valence-corrected chi connectivity index (χ2v) is 1.89. The van der Waals surface area contributed by atoms with E-state index < -0.39 is 0 Å². The molecule has 0 saturated carbocycles. The first-order chi connectivity index (χ1) is 4.29. The maximum Gasteiger partial charge on any atom is 0.0657 e. The Morgan fingerprint density at radius 1 is 1.44 bits per heavy atom. The molecule has 0 aromatic heterocycles. The van der Waals surface area contributed by atoms with Gasteiger partial charge in [-0.15, -0.1) is 0 Å². The third kappa shape index (κ3) is 1.68. The first kappa shape index (κ1) is 6.01. The van der Waals surface area contributed by atoms with Crippen LogP contribution in [0, 0.1) is 0 Å². The molecule has 0 fully saturated rings. The van der Waals surface area contributed by atoms with Crippen molar-refractivity contribution < 1.29 is 0 Å². The Morgan fingerprint density at radius 3 is 3.00 bits per heavy atom. The van der Waals surface area contributed by atoms with Crippen molar-refractivity contribution in [2.75, 3.05) is 7.05 Å². The average Bonchev–Trinajstić information content (AvgIpc) is 1.93. The summed E-state index contributed by atoms with van der Waals surface area (Å²) in [6.45, 7) is 1.93. The van der Waals surface area contributed by atoms with Gasteiger partial charge in [-0.05, 0) is 6.92 Å². The Kier molecular flexibility index (Phi) is 1.63. The number of hydrazone groups is 1. The lowest BCUT2D eigenvalue weighted by Gasteiger charge is -2.02. The molecular formula is C6H9N3. The minimum atomic E-state index is 0.968. The van der Waals surface area contributed by atoms with E-state index in [2.05, 4.69) is 10.1 Å². The zero-order valence-electron chi connectivity index (χ0n) is 5.57. The molecule has 1 aliphatic rings. The first-order valence-electron chi connectivity index (χ1n) is 2.77. The zero-order chi connectivity index (χ0) is 6.69. The van der Waals surface area contributed by atoms with Crippen molar-refractivity contribution >= 4 is 12.4 Å². The molecular weight excluding hydrogens is 114 g/mol. The molecule has 0 unspecified atom stereocenters. The van der Waals surface area contributed by atoms with Gasteiger partial charge in [0.15, 0.2) is 0 Å². The summed E-state index contributed by atoms with van der Waals surface area (Å²) in [4.78, 5) is 4.02. The van der Waals surface area contributed by atoms with Gasteiger partial charge in [-0.2, -0.15) is 5.10 Å². The van der Waals surface area contributed by atoms with Crippen LogP contribution in [-0.2, 0) is 0 Å². The third-order valence-electron chi connectivity index (χ3n) is 0.967. The number of hydrogen-bond donors (Lipinski definition) is 0. The molecule has 9 heavy (non-hydrogen) atoms. The van der Waals surface area contributed by atoms with E-state index in [-0.39, 0.29) is 0 Å². The molecule has 0 aromatic carbocycles. The highest BCUT2D eigenvalue weighted by Crippen LogP contribution is 1.97. The molecule has 0 aliphatic carbocycles. The molecule has 0 N–H and O–H groups in total. The fourth-order valence-electron chi connectivity index (χ4n) is 0.623. The van der Waals surface area contributed by atoms with Crippen molar-refractivity contribution in [3.05, 3.63) is 11.9 Å². The topological polar surface area (TPSA) is 28.0 Å². The maximum atomic E-state index is 4.02. The lowest BCUT2D eigenvalue weighted by atomic mass is 10.5. The summed E-state index contributed by atoms with van der Waals surface area (Å²) in [6.07, 6.45) is 5.20. The molecule has 0 bridgehead atoms. The summed E-state index contributed by atoms with van der Waals surface area (Å²) >= 11 is 0. The number of allylic oxidation sites excluding steroid dienone is 1. The molecule has 0 aromatic rings. The van der Waals surface area contributed by atoms with Gasteiger partial charge in [-0.3, -0.25) is 10.0 Å². The van der Waals surface area contributed by atoms with Crippen LogP contribution in [0.1, 0.15) is 6.92 Å². The van der Waals surface area contributed by atoms with Gasteiger partial charge < -0.3 is 0 Å². The molecule has 0 atom stereocenters. The number of aliphatic imine (C=N–C) groups is 1. The van der Waals surface area contributed by atoms with E-state index >= 15 is 0 Å². The Balaban J connectivity index is 2.77. The smallest absolute Gasteiger partial charge is 0.0657 e. The molecule has 0 radical (unpaired) electrons. The summed E-state index contributed by atoms with van der Waals surface area (Å²) in [7, 11) is 1.87. The molecule has 1 heterocycles. The molecule has 3 heteroatoms. The fourth-order valence-corrected chi connectivity index (χ4v) is 0.623. The van der Waals surface area contributed by atoms with Crippen LogP contribution in [0.25, 0.3) is 0 Å². The molecule has 0 saturated heterocycles. The lowest BCUT2D eigenvalue weighted by Crippen LogP contribution is -2.00. The quantitative estimate of drug-likeness (QED) is 0.469. The number of rotatable bonds is 0. The SMILES string of the molecule is CC1=CN(C)N=CC=N1. The monoisotopic (exact) mass is 123 g/mol. The highest BCUT2D eigenvalue weighted by atomic mass is 15.4. The second kappa shape index (κ2) is 2.44. The van der Waals surface area contributed by atoms with Gasteiger partial charge in [0.05, 0.1) is 11.9 Å². The van der Waals surface area contributed by atoms with Crippen molar-refractivity contribution in [2.24, 2.45) is 10.1 Å². The molecule has 3 nitrogen and oxygen atoms in total. The van der Waals surface area contributed by atoms with Crippen molar-refractivity contribution in [3.8, 4) is 0 Å². The van der Waals surface area contributed by atoms with Gasteiger partial charge in [-0.25, -0.2) is 0 Å². The van der Waals surface area contributed by atoms with Crippen LogP contribution >= 0.6 is 0 Å². The normalized spacial score (nSPS) is 17.6. The summed E-state index contributed by atoms with van der Waals surface area (Å²) in [5.41, 5.74) is 0.968. The third-order valence-corrected chi connectivity index (χ3v) is 0.967. The summed E-state index contributed by atoms with van der Waals surface area (Å²) in [5, 5.41) is 5.68. The van der Waals surface area contributed by atoms with Crippen LogP contribution < -0.4 is 0 Å². The van der Waals surface area contributed by atoms with Crippen molar-refractivity contribution in [3.63, 3.8) is 0 Å². The standard InChI is InChI=1S/C6H9N3/c1-6-5-9(2)8-4-3-7-6/h3-5H,1-2H3. The lowest BCUT2D eigenvalue weighted by molar-refractivity contribution is 0.490. The predicted octanol–water partition coefficient (Wildman–Crippen LogP) is 0.850. The van der Waals surface area contributed by atoms with Crippen molar-refractivity contribution in [1.29, 1.82) is 0 Å². The van der Waals surface area contributed by atoms with E-state index in [0.717, 1.165) is 5.70 Å². The van der Waals surface area contributed by atoms with Crippen LogP contribution in [0.4, 0.5) is 0 Å². The zero-order valence-corrected chi connectivity index (χ0v) is 5.57. The summed E-state index contributed by atoms with van der Waals surface area (Å²) in [6, 6.07) is 0.